The van der Waals surface area contributed by atoms with Gasteiger partial charge in [-0.2, -0.15) is 0 Å². The number of imide groups is 1. The first-order valence-corrected chi connectivity index (χ1v) is 14.5. The molecule has 2 heterocycles. The minimum Gasteiger partial charge on any atom is -0.494 e. The van der Waals surface area contributed by atoms with Crippen molar-refractivity contribution in [2.75, 3.05) is 0 Å². The van der Waals surface area contributed by atoms with Crippen molar-refractivity contribution in [2.45, 2.75) is 71.4 Å². The van der Waals surface area contributed by atoms with Crippen LogP contribution >= 0.6 is 0 Å². The van der Waals surface area contributed by atoms with E-state index in [4.69, 9.17) is 0 Å². The highest BCUT2D eigenvalue weighted by Gasteiger charge is 2.40. The Labute approximate surface area is 232 Å². The molecule has 0 saturated heterocycles. The summed E-state index contributed by atoms with van der Waals surface area (Å²) in [6.45, 7) is 8.07. The molecule has 7 rings (SSSR count). The molecule has 1 atom stereocenters. The second kappa shape index (κ2) is 8.65. The van der Waals surface area contributed by atoms with Crippen molar-refractivity contribution < 1.29 is 14.7 Å². The Bertz CT molecular complexity index is 1870. The number of aromatic nitrogens is 1. The molecular weight excluding hydrogens is 500 g/mol. The molecule has 0 fully saturated rings. The molecule has 1 N–H and O–H groups in total. The van der Waals surface area contributed by atoms with Gasteiger partial charge in [0.1, 0.15) is 0 Å². The van der Waals surface area contributed by atoms with E-state index >= 15 is 0 Å². The summed E-state index contributed by atoms with van der Waals surface area (Å²) < 4.78 is 1.56. The van der Waals surface area contributed by atoms with Crippen molar-refractivity contribution >= 4 is 39.4 Å². The first kappa shape index (κ1) is 24.8. The number of pyridine rings is 1. The monoisotopic (exact) mass is 532 g/mol. The third-order valence-electron chi connectivity index (χ3n) is 9.53. The third kappa shape index (κ3) is 2.91. The van der Waals surface area contributed by atoms with E-state index in [0.717, 1.165) is 51.3 Å². The molecule has 2 amide bonds. The van der Waals surface area contributed by atoms with Crippen LogP contribution in [0.1, 0.15) is 103 Å². The SMILES string of the molecule is CCC(CC)N1C(=O)c2ccc3c4c(ccc(c24)C1=O)C1C=Cc2c(O)n(C(CC)CC)c(=O)c4ccc-3c1c24. The molecule has 3 aromatic carbocycles. The van der Waals surface area contributed by atoms with Crippen LogP contribution in [0.5, 0.6) is 5.88 Å². The number of carbonyl (C=O) groups excluding carboxylic acids is 2. The maximum atomic E-state index is 13.8. The summed E-state index contributed by atoms with van der Waals surface area (Å²) in [4.78, 5) is 42.6. The fourth-order valence-electron chi connectivity index (χ4n) is 7.51. The predicted octanol–water partition coefficient (Wildman–Crippen LogP) is 7.15. The second-order valence-electron chi connectivity index (χ2n) is 11.2. The van der Waals surface area contributed by atoms with Crippen LogP contribution in [-0.2, 0) is 0 Å². The molecule has 0 saturated carbocycles. The quantitative estimate of drug-likeness (QED) is 0.268. The van der Waals surface area contributed by atoms with Gasteiger partial charge in [0.05, 0.1) is 0 Å². The Hall–Kier alpha value is -4.19. The molecule has 1 aromatic heterocycles. The van der Waals surface area contributed by atoms with Gasteiger partial charge in [-0.3, -0.25) is 23.9 Å². The van der Waals surface area contributed by atoms with E-state index in [1.54, 1.807) is 4.57 Å². The van der Waals surface area contributed by atoms with Crippen molar-refractivity contribution in [3.05, 3.63) is 80.6 Å². The zero-order chi connectivity index (χ0) is 28.0. The molecule has 0 spiro atoms. The van der Waals surface area contributed by atoms with Crippen LogP contribution in [0.2, 0.25) is 0 Å². The van der Waals surface area contributed by atoms with Gasteiger partial charge in [-0.1, -0.05) is 58.0 Å². The molecule has 0 bridgehead atoms. The minimum atomic E-state index is -0.229. The lowest BCUT2D eigenvalue weighted by Gasteiger charge is -2.36. The largest absolute Gasteiger partial charge is 0.494 e. The summed E-state index contributed by atoms with van der Waals surface area (Å²) in [6, 6.07) is 11.4. The topological polar surface area (TPSA) is 79.6 Å². The molecule has 1 unspecified atom stereocenters. The lowest BCUT2D eigenvalue weighted by molar-refractivity contribution is 0.0530. The van der Waals surface area contributed by atoms with E-state index in [9.17, 15) is 19.5 Å². The van der Waals surface area contributed by atoms with Crippen molar-refractivity contribution in [2.24, 2.45) is 0 Å². The summed E-state index contributed by atoms with van der Waals surface area (Å²) in [5.74, 6) is -0.601. The first-order chi connectivity index (χ1) is 19.4. The lowest BCUT2D eigenvalue weighted by Crippen LogP contribution is -2.46. The van der Waals surface area contributed by atoms with Crippen molar-refractivity contribution in [3.63, 3.8) is 0 Å². The molecule has 202 valence electrons. The maximum absolute atomic E-state index is 13.8. The fourth-order valence-corrected chi connectivity index (χ4v) is 7.51. The molecule has 6 nitrogen and oxygen atoms in total. The summed E-state index contributed by atoms with van der Waals surface area (Å²) in [5.41, 5.74) is 5.57. The Balaban J connectivity index is 1.54. The number of aromatic hydroxyl groups is 1. The number of hydrogen-bond acceptors (Lipinski definition) is 4. The smallest absolute Gasteiger partial charge is 0.261 e. The molecule has 1 aliphatic heterocycles. The number of benzene rings is 3. The number of allylic oxidation sites excluding steroid dienone is 1. The Morgan fingerprint density at radius 3 is 1.98 bits per heavy atom. The van der Waals surface area contributed by atoms with Crippen LogP contribution < -0.4 is 5.56 Å². The van der Waals surface area contributed by atoms with Crippen LogP contribution in [0.3, 0.4) is 0 Å². The number of amides is 2. The van der Waals surface area contributed by atoms with Gasteiger partial charge >= 0.3 is 0 Å². The highest BCUT2D eigenvalue weighted by atomic mass is 16.3. The molecular formula is C34H32N2O4. The first-order valence-electron chi connectivity index (χ1n) is 14.5. The van der Waals surface area contributed by atoms with E-state index in [1.165, 1.54) is 4.90 Å². The van der Waals surface area contributed by atoms with E-state index in [-0.39, 0.29) is 41.3 Å². The van der Waals surface area contributed by atoms with Gasteiger partial charge in [0.2, 0.25) is 5.88 Å². The maximum Gasteiger partial charge on any atom is 0.261 e. The Kier molecular flexibility index (Phi) is 5.37. The molecule has 6 heteroatoms. The van der Waals surface area contributed by atoms with Crippen LogP contribution in [0.15, 0.2) is 47.3 Å². The van der Waals surface area contributed by atoms with Crippen molar-refractivity contribution in [1.82, 2.24) is 9.47 Å². The van der Waals surface area contributed by atoms with E-state index in [2.05, 4.69) is 6.08 Å². The van der Waals surface area contributed by atoms with Crippen LogP contribution in [0.25, 0.3) is 38.7 Å². The zero-order valence-electron chi connectivity index (χ0n) is 23.2. The second-order valence-corrected chi connectivity index (χ2v) is 11.2. The predicted molar refractivity (Wildman–Crippen MR) is 158 cm³/mol. The van der Waals surface area contributed by atoms with Crippen molar-refractivity contribution in [3.8, 4) is 17.0 Å². The normalized spacial score (nSPS) is 16.8. The van der Waals surface area contributed by atoms with Gasteiger partial charge in [-0.05, 0) is 71.5 Å². The summed E-state index contributed by atoms with van der Waals surface area (Å²) in [7, 11) is 0. The van der Waals surface area contributed by atoms with E-state index in [0.29, 0.717) is 34.9 Å². The number of fused-ring (bicyclic) bond motifs is 2. The molecule has 3 aliphatic rings. The van der Waals surface area contributed by atoms with Gasteiger partial charge < -0.3 is 5.11 Å². The zero-order valence-corrected chi connectivity index (χ0v) is 23.2. The molecule has 4 aromatic rings. The Morgan fingerprint density at radius 2 is 1.32 bits per heavy atom. The average molecular weight is 533 g/mol. The average Bonchev–Trinajstić information content (AvgIpc) is 2.98. The molecule has 40 heavy (non-hydrogen) atoms. The minimum absolute atomic E-state index is 0.0167. The fraction of sp³-hybridized carbons (Fsp3) is 0.324. The van der Waals surface area contributed by atoms with Crippen LogP contribution in [0, 0.1) is 0 Å². The Morgan fingerprint density at radius 1 is 0.725 bits per heavy atom. The summed E-state index contributed by atoms with van der Waals surface area (Å²) in [5, 5.41) is 14.4. The van der Waals surface area contributed by atoms with E-state index in [1.807, 2.05) is 70.2 Å². The highest BCUT2D eigenvalue weighted by Crippen LogP contribution is 2.53. The standard InChI is InChI=1S/C34H32N2O4/c1-5-17(6-2)35-31(37)23-13-9-19-21-11-15-25-30-26(34(40)36(33(25)39)18(7-3)8-4)16-12-22(28(21)30)20-10-14-24(32(35)38)29(23)27(19)20/h9-19,37H,5-8H2,1-4H3. The lowest BCUT2D eigenvalue weighted by atomic mass is 9.71. The van der Waals surface area contributed by atoms with Crippen LogP contribution in [-0.4, -0.2) is 32.4 Å². The summed E-state index contributed by atoms with van der Waals surface area (Å²) in [6.07, 6.45) is 6.94. The van der Waals surface area contributed by atoms with Gasteiger partial charge in [0.25, 0.3) is 17.4 Å². The van der Waals surface area contributed by atoms with Crippen molar-refractivity contribution in [1.29, 1.82) is 0 Å². The number of hydrogen-bond donors (Lipinski definition) is 1. The third-order valence-corrected chi connectivity index (χ3v) is 9.53. The summed E-state index contributed by atoms with van der Waals surface area (Å²) >= 11 is 0. The van der Waals surface area contributed by atoms with Crippen LogP contribution in [0.4, 0.5) is 0 Å². The van der Waals surface area contributed by atoms with Gasteiger partial charge in [0.15, 0.2) is 0 Å². The number of rotatable bonds is 6. The number of nitrogens with zero attached hydrogens (tertiary/aromatic N) is 2. The molecule has 2 aliphatic carbocycles. The highest BCUT2D eigenvalue weighted by molar-refractivity contribution is 6.28. The van der Waals surface area contributed by atoms with Gasteiger partial charge in [0, 0.05) is 50.9 Å². The number of carbonyl (C=O) groups is 2. The van der Waals surface area contributed by atoms with Gasteiger partial charge in [-0.25, -0.2) is 0 Å². The molecule has 0 radical (unpaired) electrons. The van der Waals surface area contributed by atoms with E-state index < -0.39 is 0 Å². The van der Waals surface area contributed by atoms with Gasteiger partial charge in [-0.15, -0.1) is 0 Å².